The van der Waals surface area contributed by atoms with E-state index in [1.54, 1.807) is 7.05 Å². The molecule has 0 aliphatic rings. The summed E-state index contributed by atoms with van der Waals surface area (Å²) in [6, 6.07) is 0. The zero-order valence-corrected chi connectivity index (χ0v) is 6.44. The highest BCUT2D eigenvalue weighted by Crippen LogP contribution is 1.84. The second kappa shape index (κ2) is 3.78. The van der Waals surface area contributed by atoms with Gasteiger partial charge in [-0.1, -0.05) is 0 Å². The van der Waals surface area contributed by atoms with E-state index in [-0.39, 0.29) is 0 Å². The van der Waals surface area contributed by atoms with E-state index in [1.807, 2.05) is 19.0 Å². The van der Waals surface area contributed by atoms with Crippen LogP contribution in [0.2, 0.25) is 0 Å². The molecule has 0 N–H and O–H groups in total. The van der Waals surface area contributed by atoms with Crippen LogP contribution in [-0.2, 0) is 0 Å². The summed E-state index contributed by atoms with van der Waals surface area (Å²) in [5, 5.41) is 0. The maximum atomic E-state index is 4.06. The molecule has 0 aromatic rings. The summed E-state index contributed by atoms with van der Waals surface area (Å²) >= 11 is 4.06. The van der Waals surface area contributed by atoms with Crippen molar-refractivity contribution in [2.24, 2.45) is 4.99 Å². The van der Waals surface area contributed by atoms with E-state index in [0.29, 0.717) is 5.75 Å². The third-order valence-corrected chi connectivity index (χ3v) is 1.20. The SMILES string of the molecule is CN=C(CS)N(C)C. The van der Waals surface area contributed by atoms with Crippen LogP contribution in [0.15, 0.2) is 4.99 Å². The monoisotopic (exact) mass is 132 g/mol. The fourth-order valence-electron chi connectivity index (χ4n) is 0.412. The van der Waals surface area contributed by atoms with Gasteiger partial charge in [0.15, 0.2) is 0 Å². The molecule has 0 amide bonds. The van der Waals surface area contributed by atoms with Crippen LogP contribution < -0.4 is 0 Å². The molecule has 0 aliphatic carbocycles. The molecule has 0 aliphatic heterocycles. The van der Waals surface area contributed by atoms with Crippen LogP contribution >= 0.6 is 12.6 Å². The van der Waals surface area contributed by atoms with Gasteiger partial charge in [-0.3, -0.25) is 4.99 Å². The van der Waals surface area contributed by atoms with Gasteiger partial charge in [0.1, 0.15) is 5.84 Å². The fourth-order valence-corrected chi connectivity index (χ4v) is 0.836. The van der Waals surface area contributed by atoms with E-state index in [9.17, 15) is 0 Å². The number of amidine groups is 1. The second-order valence-corrected chi connectivity index (χ2v) is 2.01. The summed E-state index contributed by atoms with van der Waals surface area (Å²) in [5.41, 5.74) is 0. The summed E-state index contributed by atoms with van der Waals surface area (Å²) < 4.78 is 0. The molecule has 0 bridgehead atoms. The zero-order valence-electron chi connectivity index (χ0n) is 5.55. The van der Waals surface area contributed by atoms with E-state index < -0.39 is 0 Å². The van der Waals surface area contributed by atoms with Crippen LogP contribution in [0.1, 0.15) is 0 Å². The van der Waals surface area contributed by atoms with Crippen molar-refractivity contribution in [3.8, 4) is 0 Å². The van der Waals surface area contributed by atoms with Crippen molar-refractivity contribution >= 4 is 18.5 Å². The molecule has 0 saturated heterocycles. The van der Waals surface area contributed by atoms with Crippen LogP contribution in [-0.4, -0.2) is 37.6 Å². The van der Waals surface area contributed by atoms with Gasteiger partial charge in [0, 0.05) is 26.9 Å². The van der Waals surface area contributed by atoms with Crippen molar-refractivity contribution in [1.82, 2.24) is 4.90 Å². The average molecular weight is 132 g/mol. The molecule has 0 spiro atoms. The lowest BCUT2D eigenvalue weighted by molar-refractivity contribution is 0.618. The quantitative estimate of drug-likeness (QED) is 0.312. The lowest BCUT2D eigenvalue weighted by Crippen LogP contribution is -2.22. The number of nitrogens with zero attached hydrogens (tertiary/aromatic N) is 2. The van der Waals surface area contributed by atoms with E-state index in [4.69, 9.17) is 0 Å². The van der Waals surface area contributed by atoms with E-state index in [2.05, 4.69) is 17.6 Å². The highest BCUT2D eigenvalue weighted by molar-refractivity contribution is 7.81. The molecule has 48 valence electrons. The molecule has 0 radical (unpaired) electrons. The Morgan fingerprint density at radius 3 is 2.12 bits per heavy atom. The lowest BCUT2D eigenvalue weighted by Gasteiger charge is -2.11. The standard InChI is InChI=1S/C5H12N2S/c1-6-5(4-8)7(2)3/h8H,4H2,1-3H3. The van der Waals surface area contributed by atoms with Crippen molar-refractivity contribution in [3.05, 3.63) is 0 Å². The van der Waals surface area contributed by atoms with Crippen LogP contribution in [0.5, 0.6) is 0 Å². The number of hydrogen-bond donors (Lipinski definition) is 1. The molecule has 0 rings (SSSR count). The van der Waals surface area contributed by atoms with Gasteiger partial charge in [-0.15, -0.1) is 0 Å². The minimum atomic E-state index is 0.712. The predicted octanol–water partition coefficient (Wildman–Crippen LogP) is 0.506. The van der Waals surface area contributed by atoms with Crippen molar-refractivity contribution in [2.75, 3.05) is 26.9 Å². The lowest BCUT2D eigenvalue weighted by atomic mass is 10.6. The Hall–Kier alpha value is -0.180. The number of rotatable bonds is 1. The Morgan fingerprint density at radius 1 is 1.62 bits per heavy atom. The largest absolute Gasteiger partial charge is 0.366 e. The molecule has 3 heteroatoms. The Kier molecular flexibility index (Phi) is 3.69. The zero-order chi connectivity index (χ0) is 6.57. The molecular formula is C5H12N2S. The first kappa shape index (κ1) is 7.82. The summed E-state index contributed by atoms with van der Waals surface area (Å²) in [6.07, 6.45) is 0. The number of thiol groups is 1. The summed E-state index contributed by atoms with van der Waals surface area (Å²) in [4.78, 5) is 5.92. The third-order valence-electron chi connectivity index (χ3n) is 0.916. The fraction of sp³-hybridized carbons (Fsp3) is 0.800. The summed E-state index contributed by atoms with van der Waals surface area (Å²) in [5.74, 6) is 1.72. The van der Waals surface area contributed by atoms with Gasteiger partial charge in [-0.25, -0.2) is 0 Å². The first-order valence-corrected chi connectivity index (χ1v) is 3.09. The molecule has 0 fully saturated rings. The topological polar surface area (TPSA) is 15.6 Å². The molecule has 0 atom stereocenters. The van der Waals surface area contributed by atoms with E-state index >= 15 is 0 Å². The molecule has 0 saturated carbocycles. The molecule has 8 heavy (non-hydrogen) atoms. The molecule has 0 heterocycles. The van der Waals surface area contributed by atoms with Crippen LogP contribution in [0, 0.1) is 0 Å². The Bertz CT molecular complexity index is 88.4. The molecule has 0 unspecified atom stereocenters. The normalized spacial score (nSPS) is 11.8. The minimum absolute atomic E-state index is 0.712. The highest BCUT2D eigenvalue weighted by atomic mass is 32.1. The van der Waals surface area contributed by atoms with Gasteiger partial charge in [-0.2, -0.15) is 12.6 Å². The van der Waals surface area contributed by atoms with Crippen LogP contribution in [0.4, 0.5) is 0 Å². The van der Waals surface area contributed by atoms with Gasteiger partial charge < -0.3 is 4.90 Å². The van der Waals surface area contributed by atoms with Crippen molar-refractivity contribution < 1.29 is 0 Å². The van der Waals surface area contributed by atoms with E-state index in [1.165, 1.54) is 0 Å². The molecular weight excluding hydrogens is 120 g/mol. The maximum Gasteiger partial charge on any atom is 0.108 e. The highest BCUT2D eigenvalue weighted by Gasteiger charge is 1.93. The predicted molar refractivity (Wildman–Crippen MR) is 40.9 cm³/mol. The van der Waals surface area contributed by atoms with Gasteiger partial charge >= 0.3 is 0 Å². The Labute approximate surface area is 56.0 Å². The minimum Gasteiger partial charge on any atom is -0.366 e. The van der Waals surface area contributed by atoms with Crippen molar-refractivity contribution in [3.63, 3.8) is 0 Å². The first-order chi connectivity index (χ1) is 3.72. The van der Waals surface area contributed by atoms with Crippen molar-refractivity contribution in [2.45, 2.75) is 0 Å². The van der Waals surface area contributed by atoms with Gasteiger partial charge in [0.25, 0.3) is 0 Å². The molecule has 2 nitrogen and oxygen atoms in total. The van der Waals surface area contributed by atoms with Crippen LogP contribution in [0.25, 0.3) is 0 Å². The van der Waals surface area contributed by atoms with Gasteiger partial charge in [-0.05, 0) is 0 Å². The van der Waals surface area contributed by atoms with Gasteiger partial charge in [0.2, 0.25) is 0 Å². The molecule has 0 aromatic heterocycles. The Balaban J connectivity index is 3.72. The smallest absolute Gasteiger partial charge is 0.108 e. The maximum absolute atomic E-state index is 4.06. The third kappa shape index (κ3) is 2.21. The van der Waals surface area contributed by atoms with Gasteiger partial charge in [0.05, 0.1) is 0 Å². The second-order valence-electron chi connectivity index (χ2n) is 1.69. The van der Waals surface area contributed by atoms with Crippen molar-refractivity contribution in [1.29, 1.82) is 0 Å². The summed E-state index contributed by atoms with van der Waals surface area (Å²) in [7, 11) is 5.68. The summed E-state index contributed by atoms with van der Waals surface area (Å²) in [6.45, 7) is 0. The Morgan fingerprint density at radius 2 is 2.12 bits per heavy atom. The van der Waals surface area contributed by atoms with Crippen LogP contribution in [0.3, 0.4) is 0 Å². The average Bonchev–Trinajstić information content (AvgIpc) is 1.69. The number of aliphatic imine (C=N–C) groups is 1. The first-order valence-electron chi connectivity index (χ1n) is 2.46. The number of hydrogen-bond acceptors (Lipinski definition) is 2. The van der Waals surface area contributed by atoms with E-state index in [0.717, 1.165) is 5.84 Å². The molecule has 0 aromatic carbocycles.